The average molecular weight is 264 g/mol. The van der Waals surface area contributed by atoms with Crippen LogP contribution < -0.4 is 11.1 Å². The number of nitrogens with one attached hydrogen (secondary N) is 1. The maximum absolute atomic E-state index is 13.4. The molecule has 0 radical (unpaired) electrons. The molecule has 0 saturated heterocycles. The number of carbonyl (C=O) groups excluding carboxylic acids is 1. The predicted octanol–water partition coefficient (Wildman–Crippen LogP) is 1.58. The van der Waals surface area contributed by atoms with Crippen LogP contribution in [0.3, 0.4) is 0 Å². The Morgan fingerprint density at radius 1 is 1.53 bits per heavy atom. The van der Waals surface area contributed by atoms with Gasteiger partial charge in [0.25, 0.3) is 0 Å². The highest BCUT2D eigenvalue weighted by atomic mass is 19.1. The molecule has 3 N–H and O–H groups in total. The number of nitrogens with zero attached hydrogens (tertiary/aromatic N) is 2. The first-order valence-electron chi connectivity index (χ1n) is 5.93. The molecule has 0 atom stereocenters. The first kappa shape index (κ1) is 14.9. The van der Waals surface area contributed by atoms with Crippen LogP contribution in [0.4, 0.5) is 15.8 Å². The molecule has 5 nitrogen and oxygen atoms in total. The fraction of sp³-hybridized carbons (Fsp3) is 0.385. The summed E-state index contributed by atoms with van der Waals surface area (Å²) < 4.78 is 13.4. The van der Waals surface area contributed by atoms with E-state index in [-0.39, 0.29) is 18.0 Å². The Hall–Kier alpha value is -2.13. The van der Waals surface area contributed by atoms with Gasteiger partial charge in [-0.25, -0.2) is 4.39 Å². The molecular weight excluding hydrogens is 247 g/mol. The van der Waals surface area contributed by atoms with E-state index in [1.807, 2.05) is 18.0 Å². The molecular formula is C13H17FN4O. The summed E-state index contributed by atoms with van der Waals surface area (Å²) >= 11 is 0. The maximum atomic E-state index is 13.4. The summed E-state index contributed by atoms with van der Waals surface area (Å²) in [4.78, 5) is 13.5. The van der Waals surface area contributed by atoms with E-state index in [2.05, 4.69) is 5.32 Å². The second-order valence-electron chi connectivity index (χ2n) is 4.25. The van der Waals surface area contributed by atoms with Crippen molar-refractivity contribution in [1.29, 1.82) is 5.26 Å². The molecule has 0 aliphatic heterocycles. The van der Waals surface area contributed by atoms with Crippen LogP contribution in [0.1, 0.15) is 12.8 Å². The van der Waals surface area contributed by atoms with Crippen LogP contribution in [-0.4, -0.2) is 30.9 Å². The van der Waals surface area contributed by atoms with Crippen molar-refractivity contribution in [2.45, 2.75) is 12.8 Å². The normalized spacial score (nSPS) is 10.2. The average Bonchev–Trinajstić information content (AvgIpc) is 2.38. The minimum absolute atomic E-state index is 0.0877. The highest BCUT2D eigenvalue weighted by molar-refractivity contribution is 5.91. The van der Waals surface area contributed by atoms with Crippen LogP contribution in [0.5, 0.6) is 0 Å². The molecule has 0 aliphatic rings. The molecule has 0 aromatic heterocycles. The minimum Gasteiger partial charge on any atom is -0.399 e. The first-order valence-corrected chi connectivity index (χ1v) is 5.93. The van der Waals surface area contributed by atoms with Gasteiger partial charge in [0.2, 0.25) is 5.91 Å². The summed E-state index contributed by atoms with van der Waals surface area (Å²) in [6, 6.07) is 6.06. The number of carbonyl (C=O) groups is 1. The van der Waals surface area contributed by atoms with Gasteiger partial charge in [0.05, 0.1) is 11.8 Å². The highest BCUT2D eigenvalue weighted by Crippen LogP contribution is 2.17. The van der Waals surface area contributed by atoms with Gasteiger partial charge in [-0.15, -0.1) is 0 Å². The summed E-state index contributed by atoms with van der Waals surface area (Å²) in [6.07, 6.45) is 0.651. The first-order chi connectivity index (χ1) is 9.02. The Morgan fingerprint density at radius 3 is 2.95 bits per heavy atom. The van der Waals surface area contributed by atoms with Crippen LogP contribution in [0.2, 0.25) is 0 Å². The molecule has 0 fully saturated rings. The second kappa shape index (κ2) is 7.34. The van der Waals surface area contributed by atoms with E-state index in [1.165, 1.54) is 18.2 Å². The maximum Gasteiger partial charge on any atom is 0.225 e. The number of anilines is 2. The number of nitrogen functional groups attached to an aromatic ring is 1. The van der Waals surface area contributed by atoms with E-state index in [0.717, 1.165) is 0 Å². The number of halogens is 1. The topological polar surface area (TPSA) is 82.2 Å². The Morgan fingerprint density at radius 2 is 2.26 bits per heavy atom. The smallest absolute Gasteiger partial charge is 0.225 e. The number of hydrogen-bond acceptors (Lipinski definition) is 4. The predicted molar refractivity (Wildman–Crippen MR) is 71.8 cm³/mol. The van der Waals surface area contributed by atoms with Crippen molar-refractivity contribution in [3.63, 3.8) is 0 Å². The van der Waals surface area contributed by atoms with Crippen LogP contribution in [-0.2, 0) is 4.79 Å². The highest BCUT2D eigenvalue weighted by Gasteiger charge is 2.08. The van der Waals surface area contributed by atoms with Gasteiger partial charge in [0, 0.05) is 31.6 Å². The lowest BCUT2D eigenvalue weighted by Gasteiger charge is -2.14. The third kappa shape index (κ3) is 5.36. The van der Waals surface area contributed by atoms with Gasteiger partial charge in [-0.05, 0) is 25.2 Å². The van der Waals surface area contributed by atoms with E-state index in [1.54, 1.807) is 0 Å². The Labute approximate surface area is 111 Å². The number of rotatable bonds is 6. The Balaban J connectivity index is 2.43. The van der Waals surface area contributed by atoms with E-state index in [9.17, 15) is 9.18 Å². The SMILES string of the molecule is CN(CCC#N)CCC(=O)Nc1cc(N)ccc1F. The monoisotopic (exact) mass is 264 g/mol. The molecule has 102 valence electrons. The van der Waals surface area contributed by atoms with Gasteiger partial charge in [0.1, 0.15) is 5.82 Å². The van der Waals surface area contributed by atoms with Crippen molar-refractivity contribution >= 4 is 17.3 Å². The molecule has 19 heavy (non-hydrogen) atoms. The number of amides is 1. The summed E-state index contributed by atoms with van der Waals surface area (Å²) in [5.41, 5.74) is 6.00. The van der Waals surface area contributed by atoms with E-state index < -0.39 is 5.82 Å². The van der Waals surface area contributed by atoms with Crippen molar-refractivity contribution in [3.8, 4) is 6.07 Å². The molecule has 1 rings (SSSR count). The van der Waals surface area contributed by atoms with Gasteiger partial charge in [-0.1, -0.05) is 0 Å². The molecule has 1 aromatic carbocycles. The number of benzene rings is 1. The van der Waals surface area contributed by atoms with Crippen molar-refractivity contribution in [3.05, 3.63) is 24.0 Å². The quantitative estimate of drug-likeness (QED) is 0.764. The zero-order valence-corrected chi connectivity index (χ0v) is 10.8. The fourth-order valence-corrected chi connectivity index (χ4v) is 1.50. The van der Waals surface area contributed by atoms with Crippen molar-refractivity contribution < 1.29 is 9.18 Å². The largest absolute Gasteiger partial charge is 0.399 e. The van der Waals surface area contributed by atoms with Gasteiger partial charge < -0.3 is 16.0 Å². The Kier molecular flexibility index (Phi) is 5.76. The summed E-state index contributed by atoms with van der Waals surface area (Å²) in [6.45, 7) is 1.12. The Bertz CT molecular complexity index is 484. The lowest BCUT2D eigenvalue weighted by molar-refractivity contribution is -0.116. The van der Waals surface area contributed by atoms with Gasteiger partial charge in [0.15, 0.2) is 0 Å². The number of nitriles is 1. The molecule has 0 unspecified atom stereocenters. The lowest BCUT2D eigenvalue weighted by Crippen LogP contribution is -2.25. The van der Waals surface area contributed by atoms with Crippen LogP contribution in [0, 0.1) is 17.1 Å². The summed E-state index contributed by atoms with van der Waals surface area (Å²) in [5.74, 6) is -0.798. The van der Waals surface area contributed by atoms with E-state index in [0.29, 0.717) is 25.2 Å². The molecule has 0 bridgehead atoms. The number of nitrogens with two attached hydrogens (primary N) is 1. The molecule has 0 heterocycles. The summed E-state index contributed by atoms with van der Waals surface area (Å²) in [5, 5.41) is 10.9. The third-order valence-electron chi connectivity index (χ3n) is 2.59. The van der Waals surface area contributed by atoms with E-state index >= 15 is 0 Å². The third-order valence-corrected chi connectivity index (χ3v) is 2.59. The fourth-order valence-electron chi connectivity index (χ4n) is 1.50. The van der Waals surface area contributed by atoms with Gasteiger partial charge >= 0.3 is 0 Å². The van der Waals surface area contributed by atoms with Crippen molar-refractivity contribution in [2.75, 3.05) is 31.2 Å². The summed E-state index contributed by atoms with van der Waals surface area (Å²) in [7, 11) is 1.83. The standard InChI is InChI=1S/C13H17FN4O/c1-18(7-2-6-15)8-5-13(19)17-12-9-10(16)3-4-11(12)14/h3-4,9H,2,5,7-8,16H2,1H3,(H,17,19). The minimum atomic E-state index is -0.514. The van der Waals surface area contributed by atoms with Crippen molar-refractivity contribution in [2.24, 2.45) is 0 Å². The molecule has 6 heteroatoms. The molecule has 1 aromatic rings. The zero-order chi connectivity index (χ0) is 14.3. The van der Waals surface area contributed by atoms with Gasteiger partial charge in [-0.3, -0.25) is 4.79 Å². The zero-order valence-electron chi connectivity index (χ0n) is 10.8. The van der Waals surface area contributed by atoms with E-state index in [4.69, 9.17) is 11.0 Å². The molecule has 0 saturated carbocycles. The van der Waals surface area contributed by atoms with Crippen LogP contribution in [0.25, 0.3) is 0 Å². The molecule has 0 spiro atoms. The van der Waals surface area contributed by atoms with Crippen LogP contribution >= 0.6 is 0 Å². The van der Waals surface area contributed by atoms with Crippen molar-refractivity contribution in [1.82, 2.24) is 4.90 Å². The second-order valence-corrected chi connectivity index (χ2v) is 4.25. The molecule has 1 amide bonds. The molecule has 0 aliphatic carbocycles. The number of hydrogen-bond donors (Lipinski definition) is 2. The lowest BCUT2D eigenvalue weighted by atomic mass is 10.2. The van der Waals surface area contributed by atoms with Gasteiger partial charge in [-0.2, -0.15) is 5.26 Å². The van der Waals surface area contributed by atoms with Crippen LogP contribution in [0.15, 0.2) is 18.2 Å².